The van der Waals surface area contributed by atoms with Crippen molar-refractivity contribution in [2.24, 2.45) is 11.8 Å². The zero-order valence-corrected chi connectivity index (χ0v) is 8.29. The molecule has 0 N–H and O–H groups in total. The SMILES string of the molecule is C1=CC2C[CH-]C1C2.[B].[Y]. The van der Waals surface area contributed by atoms with E-state index in [9.17, 15) is 0 Å². The molecule has 2 heteroatoms. The average molecular weight is 193 g/mol. The largest absolute Gasteiger partial charge is 0.321 e. The van der Waals surface area contributed by atoms with Crippen LogP contribution in [-0.4, -0.2) is 8.41 Å². The summed E-state index contributed by atoms with van der Waals surface area (Å²) in [5.74, 6) is 1.80. The molecular weight excluding hydrogens is 184 g/mol. The quantitative estimate of drug-likeness (QED) is 0.310. The third kappa shape index (κ3) is 1.91. The van der Waals surface area contributed by atoms with Crippen LogP contribution in [-0.2, 0) is 32.7 Å². The first-order chi connectivity index (χ1) is 3.45. The maximum Gasteiger partial charge on any atom is 0 e. The normalized spacial score (nSPS) is 35.6. The van der Waals surface area contributed by atoms with Gasteiger partial charge in [0.1, 0.15) is 0 Å². The summed E-state index contributed by atoms with van der Waals surface area (Å²) >= 11 is 0. The molecule has 0 saturated heterocycles. The number of fused-ring (bicyclic) bond motifs is 2. The van der Waals surface area contributed by atoms with Gasteiger partial charge in [-0.2, -0.15) is 6.42 Å². The molecule has 9 heavy (non-hydrogen) atoms. The average Bonchev–Trinajstić information content (AvgIpc) is 2.22. The zero-order valence-electron chi connectivity index (χ0n) is 5.46. The van der Waals surface area contributed by atoms with Gasteiger partial charge in [-0.05, 0) is 0 Å². The third-order valence-corrected chi connectivity index (χ3v) is 1.95. The van der Waals surface area contributed by atoms with E-state index >= 15 is 0 Å². The predicted molar refractivity (Wildman–Crippen MR) is 35.4 cm³/mol. The molecule has 0 aliphatic heterocycles. The summed E-state index contributed by atoms with van der Waals surface area (Å²) in [5.41, 5.74) is 0. The molecule has 0 spiro atoms. The molecule has 2 bridgehead atoms. The van der Waals surface area contributed by atoms with Crippen molar-refractivity contribution in [1.82, 2.24) is 0 Å². The van der Waals surface area contributed by atoms with Gasteiger partial charge >= 0.3 is 0 Å². The molecule has 0 aromatic rings. The fraction of sp³-hybridized carbons (Fsp3) is 0.571. The van der Waals surface area contributed by atoms with Crippen LogP contribution < -0.4 is 0 Å². The van der Waals surface area contributed by atoms with E-state index in [1.54, 1.807) is 0 Å². The third-order valence-electron chi connectivity index (χ3n) is 1.95. The molecule has 0 amide bonds. The fourth-order valence-electron chi connectivity index (χ4n) is 1.51. The van der Waals surface area contributed by atoms with Crippen LogP contribution in [0.1, 0.15) is 12.8 Å². The van der Waals surface area contributed by atoms with Crippen LogP contribution in [0.4, 0.5) is 0 Å². The summed E-state index contributed by atoms with van der Waals surface area (Å²) in [5, 5.41) is 0. The van der Waals surface area contributed by atoms with Gasteiger partial charge in [-0.25, -0.2) is 0 Å². The Kier molecular flexibility index (Phi) is 4.33. The second kappa shape index (κ2) is 3.93. The smallest absolute Gasteiger partial charge is 0 e. The molecule has 2 aliphatic carbocycles. The summed E-state index contributed by atoms with van der Waals surface area (Å²) in [4.78, 5) is 0. The minimum atomic E-state index is 0. The molecule has 2 atom stereocenters. The Morgan fingerprint density at radius 2 is 2.11 bits per heavy atom. The van der Waals surface area contributed by atoms with Gasteiger partial charge in [0.15, 0.2) is 0 Å². The van der Waals surface area contributed by atoms with Crippen molar-refractivity contribution in [2.45, 2.75) is 12.8 Å². The second-order valence-electron chi connectivity index (χ2n) is 2.52. The van der Waals surface area contributed by atoms with Crippen LogP contribution in [0, 0.1) is 18.3 Å². The van der Waals surface area contributed by atoms with E-state index in [2.05, 4.69) is 18.6 Å². The number of allylic oxidation sites excluding steroid dienone is 2. The summed E-state index contributed by atoms with van der Waals surface area (Å²) < 4.78 is 0. The summed E-state index contributed by atoms with van der Waals surface area (Å²) in [6.07, 6.45) is 9.87. The van der Waals surface area contributed by atoms with Crippen molar-refractivity contribution in [1.29, 1.82) is 0 Å². The van der Waals surface area contributed by atoms with Gasteiger partial charge in [0, 0.05) is 41.1 Å². The van der Waals surface area contributed by atoms with Gasteiger partial charge in [0.2, 0.25) is 0 Å². The van der Waals surface area contributed by atoms with Gasteiger partial charge in [0.25, 0.3) is 0 Å². The molecule has 0 aromatic carbocycles. The minimum absolute atomic E-state index is 0. The predicted octanol–water partition coefficient (Wildman–Crippen LogP) is 1.40. The summed E-state index contributed by atoms with van der Waals surface area (Å²) in [6, 6.07) is 0. The monoisotopic (exact) mass is 193 g/mol. The van der Waals surface area contributed by atoms with Crippen LogP contribution in [0.5, 0.6) is 0 Å². The number of hydrogen-bond acceptors (Lipinski definition) is 0. The van der Waals surface area contributed by atoms with Crippen molar-refractivity contribution in [3.8, 4) is 0 Å². The second-order valence-corrected chi connectivity index (χ2v) is 2.52. The Labute approximate surface area is 83.9 Å². The van der Waals surface area contributed by atoms with Gasteiger partial charge < -0.3 is 6.42 Å². The molecule has 2 unspecified atom stereocenters. The number of hydrogen-bond donors (Lipinski definition) is 0. The standard InChI is InChI=1S/C7H9.B.Y/c1-2-7-4-3-6(1)5-7;;/h1-3,6-7H,4-5H2;;/q-1;;. The van der Waals surface area contributed by atoms with Crippen molar-refractivity contribution in [3.05, 3.63) is 18.6 Å². The topological polar surface area (TPSA) is 0 Å². The first-order valence-corrected chi connectivity index (χ1v) is 2.97. The Bertz CT molecular complexity index is 99.5. The molecule has 4 radical (unpaired) electrons. The zero-order chi connectivity index (χ0) is 4.69. The van der Waals surface area contributed by atoms with Gasteiger partial charge in [0.05, 0.1) is 0 Å². The Hall–Kier alpha value is 0.909. The molecule has 44 valence electrons. The van der Waals surface area contributed by atoms with Crippen LogP contribution in [0.2, 0.25) is 0 Å². The molecular formula is C7H9BY-. The van der Waals surface area contributed by atoms with E-state index in [1.165, 1.54) is 12.8 Å². The van der Waals surface area contributed by atoms with Crippen LogP contribution in [0.15, 0.2) is 12.2 Å². The van der Waals surface area contributed by atoms with Crippen molar-refractivity contribution in [3.63, 3.8) is 0 Å². The Morgan fingerprint density at radius 3 is 2.22 bits per heavy atom. The molecule has 2 rings (SSSR count). The molecule has 0 aromatic heterocycles. The number of rotatable bonds is 0. The van der Waals surface area contributed by atoms with E-state index in [4.69, 9.17) is 0 Å². The van der Waals surface area contributed by atoms with E-state index in [1.807, 2.05) is 0 Å². The fourth-order valence-corrected chi connectivity index (χ4v) is 1.51. The molecule has 1 fully saturated rings. The maximum absolute atomic E-state index is 2.42. The van der Waals surface area contributed by atoms with Crippen molar-refractivity contribution in [2.75, 3.05) is 0 Å². The summed E-state index contributed by atoms with van der Waals surface area (Å²) in [6.45, 7) is 0. The van der Waals surface area contributed by atoms with Crippen LogP contribution >= 0.6 is 0 Å². The Morgan fingerprint density at radius 1 is 1.33 bits per heavy atom. The van der Waals surface area contributed by atoms with Crippen molar-refractivity contribution < 1.29 is 32.7 Å². The first kappa shape index (κ1) is 9.91. The van der Waals surface area contributed by atoms with Crippen molar-refractivity contribution >= 4 is 8.41 Å². The van der Waals surface area contributed by atoms with Gasteiger partial charge in [-0.15, -0.1) is 12.0 Å². The van der Waals surface area contributed by atoms with Crippen LogP contribution in [0.25, 0.3) is 0 Å². The molecule has 0 heterocycles. The van der Waals surface area contributed by atoms with Gasteiger partial charge in [-0.1, -0.05) is 18.4 Å². The maximum atomic E-state index is 2.42. The molecule has 0 nitrogen and oxygen atoms in total. The van der Waals surface area contributed by atoms with E-state index in [-0.39, 0.29) is 41.1 Å². The van der Waals surface area contributed by atoms with E-state index < -0.39 is 0 Å². The van der Waals surface area contributed by atoms with Crippen LogP contribution in [0.3, 0.4) is 0 Å². The Balaban J connectivity index is 0.000000320. The van der Waals surface area contributed by atoms with E-state index in [0.717, 1.165) is 11.8 Å². The minimum Gasteiger partial charge on any atom is -0.321 e. The molecule has 2 aliphatic rings. The first-order valence-electron chi connectivity index (χ1n) is 2.97. The van der Waals surface area contributed by atoms with E-state index in [0.29, 0.717) is 0 Å². The summed E-state index contributed by atoms with van der Waals surface area (Å²) in [7, 11) is 0. The van der Waals surface area contributed by atoms with Gasteiger partial charge in [-0.3, -0.25) is 0 Å². The molecule has 1 saturated carbocycles.